The molecule has 0 radical (unpaired) electrons. The number of nitro groups is 1. The molecule has 8 heteroatoms. The van der Waals surface area contributed by atoms with E-state index in [1.165, 1.54) is 0 Å². The van der Waals surface area contributed by atoms with Crippen LogP contribution in [0, 0.1) is 16.0 Å². The number of non-ortho nitro benzene ring substituents is 1. The Kier molecular flexibility index (Phi) is 5.79. The van der Waals surface area contributed by atoms with Crippen LogP contribution in [0.1, 0.15) is 5.56 Å². The molecule has 0 bridgehead atoms. The van der Waals surface area contributed by atoms with Crippen LogP contribution in [0.3, 0.4) is 0 Å². The van der Waals surface area contributed by atoms with Gasteiger partial charge < -0.3 is 19.9 Å². The lowest BCUT2D eigenvalue weighted by molar-refractivity contribution is -0.384. The summed E-state index contributed by atoms with van der Waals surface area (Å²) >= 11 is 0. The van der Waals surface area contributed by atoms with Crippen molar-refractivity contribution < 1.29 is 14.5 Å². The maximum Gasteiger partial charge on any atom is 0.269 e. The number of amides is 1. The minimum Gasteiger partial charge on any atom is -0.497 e. The van der Waals surface area contributed by atoms with E-state index in [0.29, 0.717) is 19.5 Å². The van der Waals surface area contributed by atoms with Crippen LogP contribution in [-0.4, -0.2) is 50.2 Å². The summed E-state index contributed by atoms with van der Waals surface area (Å²) < 4.78 is 5.26. The second kappa shape index (κ2) is 8.67. The smallest absolute Gasteiger partial charge is 0.269 e. The molecule has 2 aromatic carbocycles. The van der Waals surface area contributed by atoms with E-state index < -0.39 is 0 Å². The van der Waals surface area contributed by atoms with E-state index in [4.69, 9.17) is 4.74 Å². The number of carbonyl (C=O) groups is 1. The number of benzene rings is 2. The Morgan fingerprint density at radius 1 is 1.29 bits per heavy atom. The number of carbonyl (C=O) groups excluding carboxylic acids is 1. The number of hydrogen-bond acceptors (Lipinski definition) is 6. The van der Waals surface area contributed by atoms with Crippen molar-refractivity contribution in [2.75, 3.05) is 43.1 Å². The van der Waals surface area contributed by atoms with Crippen LogP contribution < -0.4 is 19.9 Å². The van der Waals surface area contributed by atoms with Gasteiger partial charge in [-0.05, 0) is 42.3 Å². The first-order valence-corrected chi connectivity index (χ1v) is 10.3. The van der Waals surface area contributed by atoms with Crippen molar-refractivity contribution in [3.8, 4) is 5.75 Å². The molecule has 2 aliphatic heterocycles. The number of piperazine rings is 1. The maximum absolute atomic E-state index is 13.0. The predicted molar refractivity (Wildman–Crippen MR) is 120 cm³/mol. The summed E-state index contributed by atoms with van der Waals surface area (Å²) in [7, 11) is 1.64. The Balaban J connectivity index is 1.65. The van der Waals surface area contributed by atoms with E-state index >= 15 is 0 Å². The summed E-state index contributed by atoms with van der Waals surface area (Å²) in [5, 5.41) is 14.2. The summed E-state index contributed by atoms with van der Waals surface area (Å²) in [6.07, 6.45) is 2.12. The highest BCUT2D eigenvalue weighted by Crippen LogP contribution is 2.38. The van der Waals surface area contributed by atoms with Gasteiger partial charge >= 0.3 is 0 Å². The summed E-state index contributed by atoms with van der Waals surface area (Å²) in [6.45, 7) is 6.28. The average molecular weight is 422 g/mol. The molecular formula is C23H26N4O4. The van der Waals surface area contributed by atoms with E-state index in [2.05, 4.69) is 21.7 Å². The maximum atomic E-state index is 13.0. The molecule has 2 atom stereocenters. The number of hydrogen-bond donors (Lipinski definition) is 1. The Hall–Kier alpha value is -3.55. The first-order chi connectivity index (χ1) is 15.0. The number of anilines is 2. The van der Waals surface area contributed by atoms with Gasteiger partial charge in [-0.25, -0.2) is 0 Å². The number of ether oxygens (including phenoxy) is 1. The van der Waals surface area contributed by atoms with Gasteiger partial charge in [-0.1, -0.05) is 6.08 Å². The quantitative estimate of drug-likeness (QED) is 0.438. The minimum atomic E-state index is -0.388. The first kappa shape index (κ1) is 20.7. The van der Waals surface area contributed by atoms with Gasteiger partial charge in [-0.2, -0.15) is 0 Å². The first-order valence-electron chi connectivity index (χ1n) is 10.3. The number of methoxy groups -OCH3 is 1. The molecule has 2 aromatic rings. The van der Waals surface area contributed by atoms with Crippen LogP contribution in [0.15, 0.2) is 55.1 Å². The molecule has 2 heterocycles. The number of nitrogens with zero attached hydrogens (tertiary/aromatic N) is 3. The monoisotopic (exact) mass is 422 g/mol. The lowest BCUT2D eigenvalue weighted by Gasteiger charge is -2.49. The predicted octanol–water partition coefficient (Wildman–Crippen LogP) is 2.77. The summed E-state index contributed by atoms with van der Waals surface area (Å²) in [6, 6.07) is 12.9. The Labute approximate surface area is 181 Å². The topological polar surface area (TPSA) is 87.9 Å². The molecule has 31 heavy (non-hydrogen) atoms. The summed E-state index contributed by atoms with van der Waals surface area (Å²) in [5.41, 5.74) is 2.97. The molecule has 0 unspecified atom stereocenters. The highest BCUT2D eigenvalue weighted by molar-refractivity contribution is 5.82. The second-order valence-corrected chi connectivity index (χ2v) is 7.82. The van der Waals surface area contributed by atoms with Gasteiger partial charge in [0.25, 0.3) is 5.69 Å². The van der Waals surface area contributed by atoms with Crippen LogP contribution in [0.25, 0.3) is 0 Å². The molecule has 1 N–H and O–H groups in total. The molecule has 162 valence electrons. The van der Waals surface area contributed by atoms with E-state index in [1.807, 2.05) is 30.3 Å². The molecule has 1 amide bonds. The molecule has 0 aliphatic carbocycles. The number of nitro benzene ring substituents is 1. The van der Waals surface area contributed by atoms with Gasteiger partial charge in [0.05, 0.1) is 24.0 Å². The molecule has 0 spiro atoms. The van der Waals surface area contributed by atoms with Gasteiger partial charge in [-0.15, -0.1) is 6.58 Å². The van der Waals surface area contributed by atoms with Crippen molar-refractivity contribution in [3.05, 3.63) is 70.8 Å². The number of nitrogens with one attached hydrogen (secondary N) is 1. The van der Waals surface area contributed by atoms with Crippen LogP contribution >= 0.6 is 0 Å². The average Bonchev–Trinajstić information content (AvgIpc) is 2.81. The standard InChI is InChI=1S/C23H26N4O4/c1-3-10-24-23(28)20-14-16-13-18(27(29)30)6-9-21(16)26-12-11-25(15-22(20)26)17-4-7-19(31-2)8-5-17/h3-9,13,20,22H,1,10-12,14-15H2,2H3,(H,24,28)/t20-,22+/m1/s1. The Morgan fingerprint density at radius 3 is 2.74 bits per heavy atom. The van der Waals surface area contributed by atoms with E-state index in [9.17, 15) is 14.9 Å². The molecule has 0 aromatic heterocycles. The van der Waals surface area contributed by atoms with E-state index in [-0.39, 0.29) is 28.5 Å². The fourth-order valence-electron chi connectivity index (χ4n) is 4.55. The molecule has 2 aliphatic rings. The molecule has 8 nitrogen and oxygen atoms in total. The van der Waals surface area contributed by atoms with Crippen molar-refractivity contribution >= 4 is 23.0 Å². The minimum absolute atomic E-state index is 0.0328. The molecule has 1 fully saturated rings. The zero-order valence-electron chi connectivity index (χ0n) is 17.5. The van der Waals surface area contributed by atoms with Gasteiger partial charge in [-0.3, -0.25) is 14.9 Å². The van der Waals surface area contributed by atoms with Crippen molar-refractivity contribution in [1.29, 1.82) is 0 Å². The molecule has 4 rings (SSSR count). The van der Waals surface area contributed by atoms with Gasteiger partial charge in [0, 0.05) is 49.7 Å². The Bertz CT molecular complexity index is 992. The van der Waals surface area contributed by atoms with E-state index in [0.717, 1.165) is 35.8 Å². The summed E-state index contributed by atoms with van der Waals surface area (Å²) in [5.74, 6) is 0.441. The van der Waals surface area contributed by atoms with E-state index in [1.54, 1.807) is 25.3 Å². The van der Waals surface area contributed by atoms with Crippen molar-refractivity contribution in [3.63, 3.8) is 0 Å². The SMILES string of the molecule is C=CCNC(=O)[C@@H]1Cc2cc([N+](=O)[O-])ccc2N2CCN(c3ccc(OC)cc3)C[C@@H]12. The Morgan fingerprint density at radius 2 is 2.06 bits per heavy atom. The third-order valence-electron chi connectivity index (χ3n) is 6.10. The normalized spacial score (nSPS) is 19.8. The third-order valence-corrected chi connectivity index (χ3v) is 6.10. The van der Waals surface area contributed by atoms with Crippen LogP contribution in [-0.2, 0) is 11.2 Å². The van der Waals surface area contributed by atoms with Gasteiger partial charge in [0.15, 0.2) is 0 Å². The van der Waals surface area contributed by atoms with Gasteiger partial charge in [0.1, 0.15) is 5.75 Å². The highest BCUT2D eigenvalue weighted by Gasteiger charge is 2.42. The highest BCUT2D eigenvalue weighted by atomic mass is 16.6. The largest absolute Gasteiger partial charge is 0.497 e. The molecular weight excluding hydrogens is 396 g/mol. The lowest BCUT2D eigenvalue weighted by Crippen LogP contribution is -2.61. The molecule has 0 saturated carbocycles. The van der Waals surface area contributed by atoms with Crippen molar-refractivity contribution in [1.82, 2.24) is 5.32 Å². The van der Waals surface area contributed by atoms with Crippen LogP contribution in [0.4, 0.5) is 17.1 Å². The summed E-state index contributed by atoms with van der Waals surface area (Å²) in [4.78, 5) is 28.4. The lowest BCUT2D eigenvalue weighted by atomic mass is 9.83. The fraction of sp³-hybridized carbons (Fsp3) is 0.348. The second-order valence-electron chi connectivity index (χ2n) is 7.82. The van der Waals surface area contributed by atoms with Crippen LogP contribution in [0.5, 0.6) is 5.75 Å². The van der Waals surface area contributed by atoms with Gasteiger partial charge in [0.2, 0.25) is 5.91 Å². The fourth-order valence-corrected chi connectivity index (χ4v) is 4.55. The van der Waals surface area contributed by atoms with Crippen LogP contribution in [0.2, 0.25) is 0 Å². The third kappa shape index (κ3) is 4.05. The number of fused-ring (bicyclic) bond motifs is 3. The molecule has 1 saturated heterocycles. The van der Waals surface area contributed by atoms with Crippen molar-refractivity contribution in [2.24, 2.45) is 5.92 Å². The zero-order valence-corrected chi connectivity index (χ0v) is 17.5. The zero-order chi connectivity index (χ0) is 22.0. The van der Waals surface area contributed by atoms with Crippen molar-refractivity contribution in [2.45, 2.75) is 12.5 Å². The number of rotatable bonds is 6.